The van der Waals surface area contributed by atoms with Crippen molar-refractivity contribution in [2.24, 2.45) is 0 Å². The molecule has 1 aromatic heterocycles. The molecule has 0 bridgehead atoms. The fraction of sp³-hybridized carbons (Fsp3) is 0.320. The van der Waals surface area contributed by atoms with Gasteiger partial charge in [-0.1, -0.05) is 49.4 Å². The van der Waals surface area contributed by atoms with Crippen LogP contribution in [0.15, 0.2) is 48.5 Å². The number of aryl methyl sites for hydroxylation is 1. The number of amides is 3. The van der Waals surface area contributed by atoms with Crippen molar-refractivity contribution in [2.45, 2.75) is 45.4 Å². The number of anilines is 3. The summed E-state index contributed by atoms with van der Waals surface area (Å²) in [5, 5.41) is 15.0. The van der Waals surface area contributed by atoms with E-state index in [1.165, 1.54) is 11.3 Å². The highest BCUT2D eigenvalue weighted by Crippen LogP contribution is 2.35. The molecule has 8 nitrogen and oxygen atoms in total. The molecule has 1 atom stereocenters. The van der Waals surface area contributed by atoms with Crippen molar-refractivity contribution in [2.75, 3.05) is 22.1 Å². The van der Waals surface area contributed by atoms with E-state index in [1.54, 1.807) is 24.3 Å². The van der Waals surface area contributed by atoms with Gasteiger partial charge in [0.1, 0.15) is 5.01 Å². The minimum Gasteiger partial charge on any atom is -0.326 e. The molecule has 1 fully saturated rings. The summed E-state index contributed by atoms with van der Waals surface area (Å²) in [4.78, 5) is 39.1. The van der Waals surface area contributed by atoms with Crippen LogP contribution in [-0.2, 0) is 16.0 Å². The second kappa shape index (κ2) is 10.6. The Balaban J connectivity index is 1.42. The third-order valence-electron chi connectivity index (χ3n) is 5.68. The Bertz CT molecular complexity index is 1210. The largest absolute Gasteiger partial charge is 0.326 e. The van der Waals surface area contributed by atoms with Crippen LogP contribution in [0, 0.1) is 0 Å². The predicted molar refractivity (Wildman–Crippen MR) is 133 cm³/mol. The fourth-order valence-corrected chi connectivity index (χ4v) is 4.82. The van der Waals surface area contributed by atoms with Gasteiger partial charge >= 0.3 is 0 Å². The van der Waals surface area contributed by atoms with Crippen LogP contribution in [-0.4, -0.2) is 34.5 Å². The summed E-state index contributed by atoms with van der Waals surface area (Å²) in [6.07, 6.45) is 2.39. The van der Waals surface area contributed by atoms with Crippen molar-refractivity contribution in [3.63, 3.8) is 0 Å². The molecule has 3 aromatic rings. The lowest BCUT2D eigenvalue weighted by molar-refractivity contribution is -0.117. The first kappa shape index (κ1) is 23.6. The van der Waals surface area contributed by atoms with Gasteiger partial charge in [-0.05, 0) is 42.7 Å². The van der Waals surface area contributed by atoms with E-state index in [0.29, 0.717) is 35.8 Å². The topological polar surface area (TPSA) is 104 Å². The lowest BCUT2D eigenvalue weighted by atomic mass is 10.1. The minimum atomic E-state index is -0.338. The van der Waals surface area contributed by atoms with Gasteiger partial charge in [-0.15, -0.1) is 10.2 Å². The van der Waals surface area contributed by atoms with Crippen LogP contribution >= 0.6 is 11.3 Å². The Hall–Kier alpha value is -3.59. The van der Waals surface area contributed by atoms with Gasteiger partial charge < -0.3 is 10.2 Å². The van der Waals surface area contributed by atoms with Gasteiger partial charge in [0.15, 0.2) is 0 Å². The van der Waals surface area contributed by atoms with E-state index in [9.17, 15) is 14.4 Å². The highest BCUT2D eigenvalue weighted by molar-refractivity contribution is 7.15. The van der Waals surface area contributed by atoms with Crippen molar-refractivity contribution >= 4 is 45.6 Å². The first-order valence-corrected chi connectivity index (χ1v) is 12.2. The normalized spacial score (nSPS) is 15.4. The first-order valence-electron chi connectivity index (χ1n) is 11.4. The molecular weight excluding hydrogens is 450 g/mol. The van der Waals surface area contributed by atoms with E-state index in [0.717, 1.165) is 29.1 Å². The molecule has 0 aliphatic carbocycles. The standard InChI is InChI=1S/C25H27N5O3S/c1-3-8-21(31)26-19-11-7-10-17(13-19)23(33)27-25-29-28-24(34-25)18-14-22(32)30(15-18)20-12-6-5-9-16(20)4-2/h5-7,9-13,18H,3-4,8,14-15H2,1-2H3,(H,26,31)(H,27,29,33). The van der Waals surface area contributed by atoms with E-state index in [1.807, 2.05) is 36.1 Å². The second-order valence-corrected chi connectivity index (χ2v) is 9.18. The molecule has 9 heteroatoms. The molecule has 0 spiro atoms. The Kier molecular flexibility index (Phi) is 7.32. The summed E-state index contributed by atoms with van der Waals surface area (Å²) in [6, 6.07) is 14.7. The smallest absolute Gasteiger partial charge is 0.257 e. The molecule has 2 N–H and O–H groups in total. The summed E-state index contributed by atoms with van der Waals surface area (Å²) in [6.45, 7) is 4.55. The molecule has 34 heavy (non-hydrogen) atoms. The number of nitrogens with one attached hydrogen (secondary N) is 2. The average Bonchev–Trinajstić information content (AvgIpc) is 3.45. The zero-order valence-electron chi connectivity index (χ0n) is 19.2. The molecular formula is C25H27N5O3S. The summed E-state index contributed by atoms with van der Waals surface area (Å²) in [5.41, 5.74) is 3.06. The van der Waals surface area contributed by atoms with Crippen molar-refractivity contribution in [1.29, 1.82) is 0 Å². The maximum absolute atomic E-state index is 12.7. The second-order valence-electron chi connectivity index (χ2n) is 8.17. The van der Waals surface area contributed by atoms with Crippen LogP contribution < -0.4 is 15.5 Å². The van der Waals surface area contributed by atoms with E-state index in [2.05, 4.69) is 27.8 Å². The van der Waals surface area contributed by atoms with E-state index in [-0.39, 0.29) is 23.6 Å². The Morgan fingerprint density at radius 3 is 2.71 bits per heavy atom. The van der Waals surface area contributed by atoms with Gasteiger partial charge in [-0.25, -0.2) is 0 Å². The molecule has 4 rings (SSSR count). The zero-order valence-corrected chi connectivity index (χ0v) is 20.0. The maximum atomic E-state index is 12.7. The lowest BCUT2D eigenvalue weighted by Crippen LogP contribution is -2.25. The summed E-state index contributed by atoms with van der Waals surface area (Å²) in [5.74, 6) is -0.433. The average molecular weight is 478 g/mol. The zero-order chi connectivity index (χ0) is 24.1. The van der Waals surface area contributed by atoms with E-state index in [4.69, 9.17) is 0 Å². The van der Waals surface area contributed by atoms with Crippen LogP contribution in [0.5, 0.6) is 0 Å². The molecule has 1 aliphatic heterocycles. The van der Waals surface area contributed by atoms with Crippen molar-refractivity contribution in [1.82, 2.24) is 10.2 Å². The predicted octanol–water partition coefficient (Wildman–Crippen LogP) is 4.61. The Labute approximate surface area is 202 Å². The number of nitrogens with zero attached hydrogens (tertiary/aromatic N) is 3. The SMILES string of the molecule is CCCC(=O)Nc1cccc(C(=O)Nc2nnc(C3CC(=O)N(c4ccccc4CC)C3)s2)c1. The van der Waals surface area contributed by atoms with Crippen molar-refractivity contribution in [3.05, 3.63) is 64.7 Å². The molecule has 176 valence electrons. The Morgan fingerprint density at radius 1 is 1.09 bits per heavy atom. The number of aromatic nitrogens is 2. The van der Waals surface area contributed by atoms with E-state index < -0.39 is 0 Å². The number of rotatable bonds is 8. The van der Waals surface area contributed by atoms with Crippen LogP contribution in [0.3, 0.4) is 0 Å². The maximum Gasteiger partial charge on any atom is 0.257 e. The van der Waals surface area contributed by atoms with Gasteiger partial charge in [0.25, 0.3) is 5.91 Å². The molecule has 2 aromatic carbocycles. The third-order valence-corrected chi connectivity index (χ3v) is 6.69. The van der Waals surface area contributed by atoms with Gasteiger partial charge in [0.2, 0.25) is 16.9 Å². The number of hydrogen-bond donors (Lipinski definition) is 2. The molecule has 0 radical (unpaired) electrons. The number of hydrogen-bond acceptors (Lipinski definition) is 6. The van der Waals surface area contributed by atoms with Crippen molar-refractivity contribution in [3.8, 4) is 0 Å². The van der Waals surface area contributed by atoms with Gasteiger partial charge in [0, 0.05) is 42.2 Å². The molecule has 2 heterocycles. The first-order chi connectivity index (χ1) is 16.5. The minimum absolute atomic E-state index is 0.0635. The highest BCUT2D eigenvalue weighted by atomic mass is 32.1. The number of carbonyl (C=O) groups is 3. The van der Waals surface area contributed by atoms with E-state index >= 15 is 0 Å². The lowest BCUT2D eigenvalue weighted by Gasteiger charge is -2.19. The van der Waals surface area contributed by atoms with Gasteiger partial charge in [0.05, 0.1) is 0 Å². The van der Waals surface area contributed by atoms with Crippen LogP contribution in [0.2, 0.25) is 0 Å². The molecule has 3 amide bonds. The third kappa shape index (κ3) is 5.31. The molecule has 1 saturated heterocycles. The number of benzene rings is 2. The van der Waals surface area contributed by atoms with Gasteiger partial charge in [-0.2, -0.15) is 0 Å². The molecule has 0 saturated carbocycles. The molecule has 1 unspecified atom stereocenters. The van der Waals surface area contributed by atoms with Crippen LogP contribution in [0.4, 0.5) is 16.5 Å². The summed E-state index contributed by atoms with van der Waals surface area (Å²) >= 11 is 1.28. The van der Waals surface area contributed by atoms with Crippen LogP contribution in [0.25, 0.3) is 0 Å². The number of para-hydroxylation sites is 1. The summed E-state index contributed by atoms with van der Waals surface area (Å²) in [7, 11) is 0. The monoisotopic (exact) mass is 477 g/mol. The summed E-state index contributed by atoms with van der Waals surface area (Å²) < 4.78 is 0. The van der Waals surface area contributed by atoms with Crippen LogP contribution in [0.1, 0.15) is 60.0 Å². The fourth-order valence-electron chi connectivity index (χ4n) is 3.99. The van der Waals surface area contributed by atoms with Gasteiger partial charge in [-0.3, -0.25) is 19.7 Å². The molecule has 1 aliphatic rings. The highest BCUT2D eigenvalue weighted by Gasteiger charge is 2.34. The van der Waals surface area contributed by atoms with Crippen molar-refractivity contribution < 1.29 is 14.4 Å². The number of carbonyl (C=O) groups excluding carboxylic acids is 3. The Morgan fingerprint density at radius 2 is 1.91 bits per heavy atom. The quantitative estimate of drug-likeness (QED) is 0.493.